The smallest absolute Gasteiger partial charge is 0.221 e. The van der Waals surface area contributed by atoms with E-state index in [1.807, 2.05) is 18.3 Å². The first kappa shape index (κ1) is 23.0. The molecule has 2 saturated heterocycles. The molecule has 0 radical (unpaired) electrons. The second-order valence-electron chi connectivity index (χ2n) is 6.91. The van der Waals surface area contributed by atoms with Gasteiger partial charge in [-0.3, -0.25) is 9.69 Å². The molecule has 0 bridgehead atoms. The molecule has 2 fully saturated rings. The van der Waals surface area contributed by atoms with Crippen LogP contribution in [-0.2, 0) is 4.79 Å². The van der Waals surface area contributed by atoms with E-state index < -0.39 is 0 Å². The second-order valence-corrected chi connectivity index (χ2v) is 6.91. The minimum absolute atomic E-state index is 0. The molecule has 2 unspecified atom stereocenters. The molecule has 0 spiro atoms. The van der Waals surface area contributed by atoms with Crippen LogP contribution in [-0.4, -0.2) is 67.1 Å². The van der Waals surface area contributed by atoms with Gasteiger partial charge in [0.1, 0.15) is 5.82 Å². The molecule has 0 saturated carbocycles. The Labute approximate surface area is 168 Å². The number of pyridine rings is 1. The Morgan fingerprint density at radius 3 is 2.69 bits per heavy atom. The summed E-state index contributed by atoms with van der Waals surface area (Å²) in [7, 11) is 0. The topological polar surface area (TPSA) is 60.5 Å². The zero-order valence-corrected chi connectivity index (χ0v) is 17.0. The van der Waals surface area contributed by atoms with E-state index in [4.69, 9.17) is 0 Å². The number of aromatic nitrogens is 1. The highest BCUT2D eigenvalue weighted by molar-refractivity contribution is 5.85. The minimum atomic E-state index is 0. The van der Waals surface area contributed by atoms with Crippen LogP contribution in [0.2, 0.25) is 0 Å². The molecular formula is C18H31Cl2N5O. The molecule has 0 aromatic carbocycles. The van der Waals surface area contributed by atoms with E-state index in [1.54, 1.807) is 0 Å². The van der Waals surface area contributed by atoms with Crippen molar-refractivity contribution in [3.63, 3.8) is 0 Å². The van der Waals surface area contributed by atoms with Gasteiger partial charge in [0.15, 0.2) is 0 Å². The van der Waals surface area contributed by atoms with Gasteiger partial charge >= 0.3 is 0 Å². The van der Waals surface area contributed by atoms with Crippen LogP contribution in [0, 0.1) is 0 Å². The summed E-state index contributed by atoms with van der Waals surface area (Å²) in [6.07, 6.45) is 4.52. The summed E-state index contributed by atoms with van der Waals surface area (Å²) in [5.74, 6) is 1.25. The number of carbonyl (C=O) groups excluding carboxylic acids is 1. The third-order valence-corrected chi connectivity index (χ3v) is 4.99. The summed E-state index contributed by atoms with van der Waals surface area (Å²) in [6.45, 7) is 7.97. The van der Waals surface area contributed by atoms with Gasteiger partial charge in [-0.05, 0) is 38.4 Å². The van der Waals surface area contributed by atoms with Crippen molar-refractivity contribution in [3.05, 3.63) is 24.4 Å². The van der Waals surface area contributed by atoms with Gasteiger partial charge in [0.05, 0.1) is 0 Å². The van der Waals surface area contributed by atoms with Crippen molar-refractivity contribution in [2.24, 2.45) is 0 Å². The van der Waals surface area contributed by atoms with Crippen LogP contribution in [0.5, 0.6) is 0 Å². The van der Waals surface area contributed by atoms with Crippen molar-refractivity contribution in [1.82, 2.24) is 20.5 Å². The molecule has 1 amide bonds. The van der Waals surface area contributed by atoms with Crippen molar-refractivity contribution < 1.29 is 4.79 Å². The number of hydrogen-bond donors (Lipinski definition) is 2. The number of anilines is 1. The monoisotopic (exact) mass is 403 g/mol. The van der Waals surface area contributed by atoms with Crippen LogP contribution < -0.4 is 15.5 Å². The molecular weight excluding hydrogens is 373 g/mol. The van der Waals surface area contributed by atoms with E-state index in [0.717, 1.165) is 57.9 Å². The maximum absolute atomic E-state index is 12.2. The third-order valence-electron chi connectivity index (χ3n) is 4.99. The minimum Gasteiger partial charge on any atom is -0.354 e. The molecule has 8 heteroatoms. The Morgan fingerprint density at radius 1 is 1.27 bits per heavy atom. The second kappa shape index (κ2) is 11.6. The van der Waals surface area contributed by atoms with Gasteiger partial charge in [-0.1, -0.05) is 6.07 Å². The molecule has 1 aromatic rings. The van der Waals surface area contributed by atoms with Gasteiger partial charge in [-0.25, -0.2) is 4.98 Å². The first-order valence-electron chi connectivity index (χ1n) is 9.12. The fraction of sp³-hybridized carbons (Fsp3) is 0.667. The number of amides is 1. The highest BCUT2D eigenvalue weighted by Gasteiger charge is 2.21. The lowest BCUT2D eigenvalue weighted by Crippen LogP contribution is -2.49. The zero-order valence-electron chi connectivity index (χ0n) is 15.4. The third kappa shape index (κ3) is 6.91. The van der Waals surface area contributed by atoms with Gasteiger partial charge in [0.25, 0.3) is 0 Å². The SMILES string of the molecule is CC1CC(NC(=O)CCN2CCN(c3ccccn3)CC2)CCN1.Cl.Cl. The van der Waals surface area contributed by atoms with E-state index >= 15 is 0 Å². The Bertz CT molecular complexity index is 526. The molecule has 26 heavy (non-hydrogen) atoms. The lowest BCUT2D eigenvalue weighted by atomic mass is 10.0. The van der Waals surface area contributed by atoms with Crippen LogP contribution in [0.1, 0.15) is 26.2 Å². The number of rotatable bonds is 5. The standard InChI is InChI=1S/C18H29N5O.2ClH/c1-15-14-16(5-8-19-15)21-18(24)6-9-22-10-12-23(13-11-22)17-4-2-3-7-20-17;;/h2-4,7,15-16,19H,5-6,8-14H2,1H3,(H,21,24);2*1H. The normalized spacial score (nSPS) is 23.5. The van der Waals surface area contributed by atoms with Gasteiger partial charge in [-0.2, -0.15) is 0 Å². The molecule has 6 nitrogen and oxygen atoms in total. The highest BCUT2D eigenvalue weighted by atomic mass is 35.5. The maximum atomic E-state index is 12.2. The molecule has 2 aliphatic rings. The molecule has 148 valence electrons. The first-order chi connectivity index (χ1) is 11.7. The van der Waals surface area contributed by atoms with Crippen molar-refractivity contribution in [2.45, 2.75) is 38.3 Å². The molecule has 3 heterocycles. The predicted octanol–water partition coefficient (Wildman–Crippen LogP) is 1.69. The Kier molecular flexibility index (Phi) is 10.2. The average Bonchev–Trinajstić information content (AvgIpc) is 2.61. The average molecular weight is 404 g/mol. The van der Waals surface area contributed by atoms with E-state index in [2.05, 4.69) is 38.4 Å². The van der Waals surface area contributed by atoms with Gasteiger partial charge in [-0.15, -0.1) is 24.8 Å². The molecule has 2 N–H and O–H groups in total. The summed E-state index contributed by atoms with van der Waals surface area (Å²) < 4.78 is 0. The van der Waals surface area contributed by atoms with E-state index in [0.29, 0.717) is 18.5 Å². The highest BCUT2D eigenvalue weighted by Crippen LogP contribution is 2.13. The summed E-state index contributed by atoms with van der Waals surface area (Å²) in [5, 5.41) is 6.61. The number of halogens is 2. The molecule has 3 rings (SSSR count). The lowest BCUT2D eigenvalue weighted by molar-refractivity contribution is -0.122. The van der Waals surface area contributed by atoms with Gasteiger partial charge in [0, 0.05) is 57.4 Å². The molecule has 0 aliphatic carbocycles. The fourth-order valence-electron chi connectivity index (χ4n) is 3.56. The summed E-state index contributed by atoms with van der Waals surface area (Å²) in [4.78, 5) is 21.3. The number of hydrogen-bond acceptors (Lipinski definition) is 5. The summed E-state index contributed by atoms with van der Waals surface area (Å²) in [5.41, 5.74) is 0. The van der Waals surface area contributed by atoms with Crippen molar-refractivity contribution in [2.75, 3.05) is 44.2 Å². The number of piperazine rings is 1. The van der Waals surface area contributed by atoms with Gasteiger partial charge < -0.3 is 15.5 Å². The Balaban J connectivity index is 0.00000169. The Hall–Kier alpha value is -1.08. The van der Waals surface area contributed by atoms with Crippen molar-refractivity contribution >= 4 is 36.5 Å². The zero-order chi connectivity index (χ0) is 16.8. The van der Waals surface area contributed by atoms with Crippen LogP contribution in [0.15, 0.2) is 24.4 Å². The van der Waals surface area contributed by atoms with Crippen LogP contribution in [0.25, 0.3) is 0 Å². The molecule has 2 aliphatic heterocycles. The number of nitrogens with one attached hydrogen (secondary N) is 2. The largest absolute Gasteiger partial charge is 0.354 e. The van der Waals surface area contributed by atoms with E-state index in [-0.39, 0.29) is 30.7 Å². The van der Waals surface area contributed by atoms with Crippen molar-refractivity contribution in [1.29, 1.82) is 0 Å². The maximum Gasteiger partial charge on any atom is 0.221 e. The van der Waals surface area contributed by atoms with Gasteiger partial charge in [0.2, 0.25) is 5.91 Å². The van der Waals surface area contributed by atoms with Crippen molar-refractivity contribution in [3.8, 4) is 0 Å². The van der Waals surface area contributed by atoms with Crippen LogP contribution in [0.3, 0.4) is 0 Å². The number of piperidine rings is 1. The van der Waals surface area contributed by atoms with E-state index in [1.165, 1.54) is 0 Å². The Morgan fingerprint density at radius 2 is 2.04 bits per heavy atom. The number of nitrogens with zero attached hydrogens (tertiary/aromatic N) is 3. The predicted molar refractivity (Wildman–Crippen MR) is 111 cm³/mol. The van der Waals surface area contributed by atoms with E-state index in [9.17, 15) is 4.79 Å². The molecule has 2 atom stereocenters. The lowest BCUT2D eigenvalue weighted by Gasteiger charge is -2.35. The summed E-state index contributed by atoms with van der Waals surface area (Å²) >= 11 is 0. The number of carbonyl (C=O) groups is 1. The van der Waals surface area contributed by atoms with Crippen LogP contribution in [0.4, 0.5) is 5.82 Å². The molecule has 1 aromatic heterocycles. The summed E-state index contributed by atoms with van der Waals surface area (Å²) in [6, 6.07) is 6.88. The fourth-order valence-corrected chi connectivity index (χ4v) is 3.56. The first-order valence-corrected chi connectivity index (χ1v) is 9.12. The quantitative estimate of drug-likeness (QED) is 0.782. The van der Waals surface area contributed by atoms with Crippen LogP contribution >= 0.6 is 24.8 Å².